The van der Waals surface area contributed by atoms with Crippen LogP contribution >= 0.6 is 0 Å². The van der Waals surface area contributed by atoms with Crippen LogP contribution in [0.15, 0.2) is 152 Å². The molecule has 8 aromatic rings. The quantitative estimate of drug-likeness (QED) is 0.115. The van der Waals surface area contributed by atoms with Gasteiger partial charge in [-0.2, -0.15) is 0 Å². The van der Waals surface area contributed by atoms with Crippen molar-refractivity contribution < 1.29 is 10.2 Å². The molecule has 0 aliphatic heterocycles. The number of fused-ring (bicyclic) bond motifs is 3. The van der Waals surface area contributed by atoms with E-state index in [1.54, 1.807) is 10.6 Å². The molecule has 0 saturated heterocycles. The van der Waals surface area contributed by atoms with Gasteiger partial charge in [-0.05, 0) is 84.4 Å². The Kier molecular flexibility index (Phi) is 7.13. The van der Waals surface area contributed by atoms with Crippen LogP contribution in [0.4, 0.5) is 0 Å². The normalized spacial score (nSPS) is 12.2. The Bertz CT molecular complexity index is 2390. The molecule has 8 rings (SSSR count). The number of imidazole rings is 1. The zero-order valence-corrected chi connectivity index (χ0v) is 26.0. The third kappa shape index (κ3) is 4.86. The maximum atomic E-state index is 10.2. The lowest BCUT2D eigenvalue weighted by atomic mass is 9.45. The topological polar surface area (TPSA) is 58.3 Å². The third-order valence-electron chi connectivity index (χ3n) is 9.17. The zero-order valence-electron chi connectivity index (χ0n) is 26.0. The number of aromatic nitrogens is 2. The number of hydrogen-bond acceptors (Lipinski definition) is 3. The summed E-state index contributed by atoms with van der Waals surface area (Å²) in [5, 5.41) is 23.0. The van der Waals surface area contributed by atoms with E-state index in [-0.39, 0.29) is 5.82 Å². The molecule has 2 N–H and O–H groups in total. The zero-order chi connectivity index (χ0) is 33.0. The first-order chi connectivity index (χ1) is 23.2. The van der Waals surface area contributed by atoms with E-state index in [2.05, 4.69) is 108 Å². The smallest absolute Gasteiger partial charge is 0.152 e. The third-order valence-corrected chi connectivity index (χ3v) is 9.17. The van der Waals surface area contributed by atoms with Crippen molar-refractivity contribution in [3.63, 3.8) is 0 Å². The first kappa shape index (κ1) is 30.0. The van der Waals surface area contributed by atoms with E-state index in [9.17, 15) is 10.2 Å². The molecule has 0 unspecified atom stereocenters. The highest BCUT2D eigenvalue weighted by atomic mass is 16.5. The molecule has 4 nitrogen and oxygen atoms in total. The van der Waals surface area contributed by atoms with Gasteiger partial charge < -0.3 is 10.2 Å². The van der Waals surface area contributed by atoms with Gasteiger partial charge in [-0.1, -0.05) is 127 Å². The van der Waals surface area contributed by atoms with Crippen LogP contribution in [0.2, 0.25) is 0 Å². The molecule has 222 valence electrons. The maximum Gasteiger partial charge on any atom is 0.152 e. The van der Waals surface area contributed by atoms with Gasteiger partial charge in [0.2, 0.25) is 0 Å². The fourth-order valence-electron chi connectivity index (χ4n) is 6.72. The highest BCUT2D eigenvalue weighted by molar-refractivity contribution is 6.44. The number of aliphatic hydroxyl groups is 2. The maximum absolute atomic E-state index is 10.2. The monoisotopic (exact) mass is 612 g/mol. The van der Waals surface area contributed by atoms with Gasteiger partial charge in [-0.25, -0.2) is 4.98 Å². The molecule has 7 heteroatoms. The number of rotatable bonds is 6. The average molecular weight is 612 g/mol. The van der Waals surface area contributed by atoms with Crippen LogP contribution in [0.1, 0.15) is 5.82 Å². The lowest BCUT2D eigenvalue weighted by Crippen LogP contribution is -2.54. The molecule has 0 fully saturated rings. The summed E-state index contributed by atoms with van der Waals surface area (Å²) in [5.74, 6) is 0.0195. The second kappa shape index (κ2) is 11.4. The van der Waals surface area contributed by atoms with E-state index in [4.69, 9.17) is 23.5 Å². The molecule has 1 aromatic heterocycles. The van der Waals surface area contributed by atoms with Crippen molar-refractivity contribution in [1.29, 1.82) is 0 Å². The SMILES string of the molecule is [B]C(O)(O)C([B])([B])c1nc2ccccc2n1-c1ccc(-c2ccc(-c3c4ccccc4c(-c4ccccc4)c4ccccc34)cc2)cc1. The van der Waals surface area contributed by atoms with Crippen LogP contribution in [0, 0.1) is 0 Å². The second-order valence-electron chi connectivity index (χ2n) is 12.2. The molecule has 7 aromatic carbocycles. The van der Waals surface area contributed by atoms with E-state index < -0.39 is 10.9 Å². The molecular formula is C41H27B3N2O2. The first-order valence-electron chi connectivity index (χ1n) is 15.7. The largest absolute Gasteiger partial charge is 0.376 e. The van der Waals surface area contributed by atoms with Crippen molar-refractivity contribution in [3.05, 3.63) is 157 Å². The van der Waals surface area contributed by atoms with Gasteiger partial charge in [0.15, 0.2) is 7.85 Å². The molecule has 0 bridgehead atoms. The lowest BCUT2D eigenvalue weighted by Gasteiger charge is -2.37. The molecule has 0 spiro atoms. The molecule has 0 aliphatic rings. The van der Waals surface area contributed by atoms with Crippen molar-refractivity contribution in [2.24, 2.45) is 0 Å². The van der Waals surface area contributed by atoms with Gasteiger partial charge in [-0.15, -0.1) is 0 Å². The van der Waals surface area contributed by atoms with Crippen LogP contribution in [0.25, 0.3) is 71.6 Å². The predicted molar refractivity (Wildman–Crippen MR) is 198 cm³/mol. The Morgan fingerprint density at radius 1 is 0.458 bits per heavy atom. The summed E-state index contributed by atoms with van der Waals surface area (Å²) in [5.41, 5.74) is 5.92. The minimum atomic E-state index is -2.91. The van der Waals surface area contributed by atoms with Crippen molar-refractivity contribution in [2.45, 2.75) is 10.9 Å². The highest BCUT2D eigenvalue weighted by Crippen LogP contribution is 2.44. The molecular weight excluding hydrogens is 585 g/mol. The fraction of sp³-hybridized carbons (Fsp3) is 0.0488. The van der Waals surface area contributed by atoms with Gasteiger partial charge in [0.05, 0.1) is 26.7 Å². The first-order valence-corrected chi connectivity index (χ1v) is 15.7. The van der Waals surface area contributed by atoms with Crippen LogP contribution in [-0.4, -0.2) is 49.0 Å². The van der Waals surface area contributed by atoms with E-state index in [1.807, 2.05) is 42.5 Å². The van der Waals surface area contributed by atoms with Crippen LogP contribution < -0.4 is 0 Å². The van der Waals surface area contributed by atoms with Crippen LogP contribution in [-0.2, 0) is 5.21 Å². The Morgan fingerprint density at radius 2 is 0.875 bits per heavy atom. The summed E-state index contributed by atoms with van der Waals surface area (Å²) >= 11 is 0. The Labute approximate surface area is 282 Å². The summed E-state index contributed by atoms with van der Waals surface area (Å²) in [7, 11) is 17.9. The minimum absolute atomic E-state index is 0.0195. The Balaban J connectivity index is 1.21. The minimum Gasteiger partial charge on any atom is -0.376 e. The lowest BCUT2D eigenvalue weighted by molar-refractivity contribution is -0.100. The van der Waals surface area contributed by atoms with E-state index in [1.165, 1.54) is 38.2 Å². The van der Waals surface area contributed by atoms with Gasteiger partial charge >= 0.3 is 0 Å². The van der Waals surface area contributed by atoms with Crippen LogP contribution in [0.3, 0.4) is 0 Å². The average Bonchev–Trinajstić information content (AvgIpc) is 3.51. The van der Waals surface area contributed by atoms with E-state index >= 15 is 0 Å². The molecule has 0 atom stereocenters. The Hall–Kier alpha value is -5.36. The van der Waals surface area contributed by atoms with Crippen molar-refractivity contribution in [1.82, 2.24) is 9.55 Å². The standard InChI is InChI=1S/C41H27B3N2O2/c42-40(43,41(44,47)48)39-45-35-16-8-9-17-36(35)46(39)30-24-22-27(23-25-30)26-18-20-29(21-19-26)38-33-14-6-4-12-31(33)37(28-10-2-1-3-11-28)32-13-5-7-15-34(32)38/h1-25,47-48H. The Morgan fingerprint density at radius 3 is 1.40 bits per heavy atom. The summed E-state index contributed by atoms with van der Waals surface area (Å²) in [4.78, 5) is 4.52. The summed E-state index contributed by atoms with van der Waals surface area (Å²) in [6.45, 7) is 0. The van der Waals surface area contributed by atoms with Gasteiger partial charge in [0.25, 0.3) is 0 Å². The van der Waals surface area contributed by atoms with Gasteiger partial charge in [0, 0.05) is 5.69 Å². The van der Waals surface area contributed by atoms with Crippen LogP contribution in [0.5, 0.6) is 0 Å². The van der Waals surface area contributed by atoms with E-state index in [0.29, 0.717) is 16.7 Å². The number of nitrogens with zero attached hydrogens (tertiary/aromatic N) is 2. The van der Waals surface area contributed by atoms with Crippen molar-refractivity contribution >= 4 is 56.1 Å². The van der Waals surface area contributed by atoms with Gasteiger partial charge in [-0.3, -0.25) is 4.57 Å². The highest BCUT2D eigenvalue weighted by Gasteiger charge is 2.41. The molecule has 0 amide bonds. The van der Waals surface area contributed by atoms with Crippen molar-refractivity contribution in [2.75, 3.05) is 0 Å². The molecule has 1 heterocycles. The number of hydrogen-bond donors (Lipinski definition) is 2. The molecule has 48 heavy (non-hydrogen) atoms. The molecule has 0 saturated carbocycles. The molecule has 0 aliphatic carbocycles. The summed E-state index contributed by atoms with van der Waals surface area (Å²) in [6.07, 6.45) is 0. The second-order valence-corrected chi connectivity index (χ2v) is 12.2. The van der Waals surface area contributed by atoms with E-state index in [0.717, 1.165) is 16.7 Å². The number of para-hydroxylation sites is 2. The molecule has 6 radical (unpaired) electrons. The van der Waals surface area contributed by atoms with Gasteiger partial charge in [0.1, 0.15) is 11.5 Å². The summed E-state index contributed by atoms with van der Waals surface area (Å²) < 4.78 is 1.70. The number of benzene rings is 7. The predicted octanol–water partition coefficient (Wildman–Crippen LogP) is 7.63. The summed E-state index contributed by atoms with van der Waals surface area (Å²) in [6, 6.07) is 51.7. The van der Waals surface area contributed by atoms with Crippen molar-refractivity contribution in [3.8, 4) is 39.1 Å². The fourth-order valence-corrected chi connectivity index (χ4v) is 6.72.